The fourth-order valence-corrected chi connectivity index (χ4v) is 9.46. The third-order valence-electron chi connectivity index (χ3n) is 3.03. The summed E-state index contributed by atoms with van der Waals surface area (Å²) in [5.74, 6) is 0. The molecule has 2 nitrogen and oxygen atoms in total. The number of nitrogens with zero attached hydrogens (tertiary/aromatic N) is 2. The van der Waals surface area contributed by atoms with Crippen molar-refractivity contribution in [1.82, 2.24) is 4.90 Å². The van der Waals surface area contributed by atoms with Gasteiger partial charge in [0.15, 0.2) is 0 Å². The zero-order chi connectivity index (χ0) is 15.2. The fraction of sp³-hybridized carbons (Fsp3) is 0.294. The van der Waals surface area contributed by atoms with Crippen LogP contribution in [0.4, 0.5) is 5.69 Å². The van der Waals surface area contributed by atoms with Gasteiger partial charge < -0.3 is 0 Å². The molecular formula is C17H22N2Se2. The minimum absolute atomic E-state index is 0.524. The van der Waals surface area contributed by atoms with Gasteiger partial charge in [-0.2, -0.15) is 0 Å². The van der Waals surface area contributed by atoms with Gasteiger partial charge in [0.25, 0.3) is 0 Å². The van der Waals surface area contributed by atoms with Gasteiger partial charge >= 0.3 is 140 Å². The average molecular weight is 412 g/mol. The Labute approximate surface area is 139 Å². The van der Waals surface area contributed by atoms with E-state index in [1.54, 1.807) is 4.46 Å². The summed E-state index contributed by atoms with van der Waals surface area (Å²) in [6, 6.07) is 17.7. The third-order valence-corrected chi connectivity index (χ3v) is 10.3. The van der Waals surface area contributed by atoms with Crippen molar-refractivity contribution in [3.05, 3.63) is 54.1 Å². The molecule has 0 atom stereocenters. The number of rotatable bonds is 6. The summed E-state index contributed by atoms with van der Waals surface area (Å²) >= 11 is 1.06. The second kappa shape index (κ2) is 8.03. The summed E-state index contributed by atoms with van der Waals surface area (Å²) in [4.78, 5) is 4.47. The molecule has 2 aromatic rings. The van der Waals surface area contributed by atoms with E-state index in [2.05, 4.69) is 86.5 Å². The molecule has 0 fully saturated rings. The standard InChI is InChI=1S/C17H22N2Se2/c1-18(2)13-14-9-5-7-11-16(14)20-21-17-12-8-6-10-15(17)19(3)4/h5-12H,13H2,1-4H3. The first-order valence-electron chi connectivity index (χ1n) is 6.91. The van der Waals surface area contributed by atoms with Crippen LogP contribution in [0.15, 0.2) is 48.5 Å². The van der Waals surface area contributed by atoms with Gasteiger partial charge in [-0.25, -0.2) is 0 Å². The molecule has 0 saturated carbocycles. The van der Waals surface area contributed by atoms with Crippen LogP contribution in [0.1, 0.15) is 5.56 Å². The van der Waals surface area contributed by atoms with Gasteiger partial charge in [0, 0.05) is 0 Å². The first-order chi connectivity index (χ1) is 10.1. The topological polar surface area (TPSA) is 6.48 Å². The third kappa shape index (κ3) is 4.88. The Morgan fingerprint density at radius 2 is 1.33 bits per heavy atom. The molecule has 0 amide bonds. The SMILES string of the molecule is CN(C)Cc1ccccc1[Se][Se]c1ccccc1N(C)C. The Balaban J connectivity index is 2.14. The number of para-hydroxylation sites is 1. The molecule has 0 aromatic heterocycles. The second-order valence-corrected chi connectivity index (χ2v) is 11.6. The Kier molecular flexibility index (Phi) is 6.35. The van der Waals surface area contributed by atoms with Crippen LogP contribution in [-0.2, 0) is 6.54 Å². The van der Waals surface area contributed by atoms with E-state index in [0.717, 1.165) is 6.54 Å². The molecule has 0 saturated heterocycles. The van der Waals surface area contributed by atoms with Crippen LogP contribution in [0, 0.1) is 0 Å². The van der Waals surface area contributed by atoms with Gasteiger partial charge in [0.05, 0.1) is 0 Å². The van der Waals surface area contributed by atoms with Crippen LogP contribution in [-0.4, -0.2) is 59.4 Å². The molecule has 0 heterocycles. The van der Waals surface area contributed by atoms with E-state index in [9.17, 15) is 0 Å². The molecule has 0 radical (unpaired) electrons. The summed E-state index contributed by atoms with van der Waals surface area (Å²) in [5.41, 5.74) is 2.84. The van der Waals surface area contributed by atoms with Crippen LogP contribution in [0.5, 0.6) is 0 Å². The predicted octanol–water partition coefficient (Wildman–Crippen LogP) is 1.09. The van der Waals surface area contributed by atoms with Gasteiger partial charge in [0.2, 0.25) is 0 Å². The fourth-order valence-electron chi connectivity index (χ4n) is 2.04. The van der Waals surface area contributed by atoms with Crippen molar-refractivity contribution < 1.29 is 0 Å². The first-order valence-corrected chi connectivity index (χ1v) is 13.0. The summed E-state index contributed by atoms with van der Waals surface area (Å²) in [7, 11) is 8.52. The second-order valence-electron chi connectivity index (χ2n) is 5.37. The normalized spacial score (nSPS) is 10.9. The monoisotopic (exact) mass is 414 g/mol. The van der Waals surface area contributed by atoms with Crippen molar-refractivity contribution in [3.8, 4) is 0 Å². The van der Waals surface area contributed by atoms with Gasteiger partial charge in [0.1, 0.15) is 0 Å². The molecule has 0 bridgehead atoms. The van der Waals surface area contributed by atoms with Gasteiger partial charge in [-0.1, -0.05) is 0 Å². The maximum absolute atomic E-state index is 2.30. The number of hydrogen-bond donors (Lipinski definition) is 0. The molecular weight excluding hydrogens is 390 g/mol. The van der Waals surface area contributed by atoms with Crippen LogP contribution in [0.3, 0.4) is 0 Å². The van der Waals surface area contributed by atoms with E-state index in [-0.39, 0.29) is 0 Å². The molecule has 0 spiro atoms. The number of hydrogen-bond acceptors (Lipinski definition) is 2. The van der Waals surface area contributed by atoms with Crippen LogP contribution in [0.2, 0.25) is 0 Å². The van der Waals surface area contributed by atoms with E-state index >= 15 is 0 Å². The average Bonchev–Trinajstić information content (AvgIpc) is 2.46. The molecule has 21 heavy (non-hydrogen) atoms. The Bertz CT molecular complexity index is 583. The minimum atomic E-state index is 0.524. The van der Waals surface area contributed by atoms with Crippen molar-refractivity contribution in [1.29, 1.82) is 0 Å². The molecule has 4 heteroatoms. The van der Waals surface area contributed by atoms with Gasteiger partial charge in [-0.3, -0.25) is 0 Å². The van der Waals surface area contributed by atoms with E-state index in [1.165, 1.54) is 15.7 Å². The maximum atomic E-state index is 2.30. The zero-order valence-electron chi connectivity index (χ0n) is 13.0. The van der Waals surface area contributed by atoms with E-state index in [1.807, 2.05) is 0 Å². The molecule has 112 valence electrons. The molecule has 2 rings (SSSR count). The Hall–Kier alpha value is -0.761. The van der Waals surface area contributed by atoms with Gasteiger partial charge in [-0.05, 0) is 0 Å². The summed E-state index contributed by atoms with van der Waals surface area (Å²) in [6.07, 6.45) is 0. The van der Waals surface area contributed by atoms with Crippen molar-refractivity contribution in [2.45, 2.75) is 6.54 Å². The number of benzene rings is 2. The molecule has 2 aromatic carbocycles. The van der Waals surface area contributed by atoms with Crippen LogP contribution in [0.25, 0.3) is 0 Å². The van der Waals surface area contributed by atoms with Crippen molar-refractivity contribution in [2.24, 2.45) is 0 Å². The molecule has 0 aliphatic rings. The van der Waals surface area contributed by atoms with Crippen LogP contribution >= 0.6 is 0 Å². The Morgan fingerprint density at radius 3 is 2.00 bits per heavy atom. The van der Waals surface area contributed by atoms with Crippen molar-refractivity contribution in [2.75, 3.05) is 33.1 Å². The summed E-state index contributed by atoms with van der Waals surface area (Å²) in [6.45, 7) is 1.03. The van der Waals surface area contributed by atoms with E-state index in [0.29, 0.717) is 26.3 Å². The summed E-state index contributed by atoms with van der Waals surface area (Å²) in [5, 5.41) is 0. The van der Waals surface area contributed by atoms with Crippen molar-refractivity contribution >= 4 is 40.9 Å². The van der Waals surface area contributed by atoms with Gasteiger partial charge in [-0.15, -0.1) is 0 Å². The van der Waals surface area contributed by atoms with E-state index in [4.69, 9.17) is 0 Å². The van der Waals surface area contributed by atoms with Crippen LogP contribution < -0.4 is 13.8 Å². The number of anilines is 1. The van der Waals surface area contributed by atoms with Crippen molar-refractivity contribution in [3.63, 3.8) is 0 Å². The summed E-state index contributed by atoms with van der Waals surface area (Å²) < 4.78 is 3.06. The first kappa shape index (κ1) is 16.6. The Morgan fingerprint density at radius 1 is 0.762 bits per heavy atom. The molecule has 0 aliphatic carbocycles. The quantitative estimate of drug-likeness (QED) is 0.656. The molecule has 0 aliphatic heterocycles. The van der Waals surface area contributed by atoms with E-state index < -0.39 is 0 Å². The molecule has 0 unspecified atom stereocenters. The zero-order valence-corrected chi connectivity index (χ0v) is 16.5. The predicted molar refractivity (Wildman–Crippen MR) is 95.4 cm³/mol. The molecule has 0 N–H and O–H groups in total.